The maximum atomic E-state index is 6.61. The Morgan fingerprint density at radius 1 is 1.26 bits per heavy atom. The van der Waals surface area contributed by atoms with Gasteiger partial charge in [0, 0.05) is 17.5 Å². The van der Waals surface area contributed by atoms with Crippen molar-refractivity contribution < 1.29 is 4.52 Å². The molecule has 0 amide bonds. The third-order valence-corrected chi connectivity index (χ3v) is 4.70. The van der Waals surface area contributed by atoms with Crippen LogP contribution in [0.4, 0.5) is 0 Å². The number of hydrogen-bond acceptors (Lipinski definition) is 5. The first-order valence-electron chi connectivity index (χ1n) is 7.15. The summed E-state index contributed by atoms with van der Waals surface area (Å²) in [6.45, 7) is 6.23. The van der Waals surface area contributed by atoms with Crippen molar-refractivity contribution in [3.05, 3.63) is 11.7 Å². The molecule has 2 bridgehead atoms. The molecule has 0 aliphatic carbocycles. The molecule has 2 aliphatic heterocycles. The topological polar surface area (TPSA) is 68.2 Å². The van der Waals surface area contributed by atoms with Crippen molar-refractivity contribution in [2.75, 3.05) is 7.05 Å². The van der Waals surface area contributed by atoms with E-state index in [2.05, 4.69) is 42.9 Å². The molecule has 1 aromatic heterocycles. The molecule has 0 saturated carbocycles. The Labute approximate surface area is 114 Å². The average molecular weight is 264 g/mol. The van der Waals surface area contributed by atoms with Gasteiger partial charge in [-0.25, -0.2) is 0 Å². The third kappa shape index (κ3) is 2.09. The SMILES string of the molecule is CN1C2CCC1CC(N)(c1noc(C(C)(C)C)n1)C2. The van der Waals surface area contributed by atoms with Gasteiger partial charge in [0.1, 0.15) is 0 Å². The Bertz CT molecular complexity index is 462. The zero-order valence-electron chi connectivity index (χ0n) is 12.3. The van der Waals surface area contributed by atoms with Gasteiger partial charge in [0.25, 0.3) is 0 Å². The summed E-state index contributed by atoms with van der Waals surface area (Å²) < 4.78 is 5.41. The third-order valence-electron chi connectivity index (χ3n) is 4.70. The molecule has 0 spiro atoms. The Balaban J connectivity index is 1.88. The lowest BCUT2D eigenvalue weighted by Crippen LogP contribution is -2.52. The van der Waals surface area contributed by atoms with Crippen LogP contribution in [0.5, 0.6) is 0 Å². The summed E-state index contributed by atoms with van der Waals surface area (Å²) >= 11 is 0. The van der Waals surface area contributed by atoms with Crippen molar-refractivity contribution in [1.82, 2.24) is 15.0 Å². The normalized spacial score (nSPS) is 35.8. The van der Waals surface area contributed by atoms with E-state index in [1.807, 2.05) is 0 Å². The van der Waals surface area contributed by atoms with Gasteiger partial charge < -0.3 is 15.2 Å². The summed E-state index contributed by atoms with van der Waals surface area (Å²) in [6.07, 6.45) is 4.35. The molecule has 2 fully saturated rings. The highest BCUT2D eigenvalue weighted by atomic mass is 16.5. The lowest BCUT2D eigenvalue weighted by atomic mass is 9.83. The Morgan fingerprint density at radius 3 is 2.32 bits per heavy atom. The first-order valence-corrected chi connectivity index (χ1v) is 7.15. The molecule has 0 aromatic carbocycles. The number of rotatable bonds is 1. The van der Waals surface area contributed by atoms with E-state index in [0.717, 1.165) is 12.8 Å². The van der Waals surface area contributed by atoms with Crippen LogP contribution in [0.15, 0.2) is 4.52 Å². The summed E-state index contributed by atoms with van der Waals surface area (Å²) in [5.74, 6) is 1.38. The number of hydrogen-bond donors (Lipinski definition) is 1. The molecule has 0 radical (unpaired) electrons. The van der Waals surface area contributed by atoms with Crippen LogP contribution in [-0.2, 0) is 11.0 Å². The van der Waals surface area contributed by atoms with E-state index in [1.54, 1.807) is 0 Å². The monoisotopic (exact) mass is 264 g/mol. The number of fused-ring (bicyclic) bond motifs is 2. The second-order valence-corrected chi connectivity index (χ2v) is 7.29. The van der Waals surface area contributed by atoms with Crippen LogP contribution < -0.4 is 5.73 Å². The van der Waals surface area contributed by atoms with Crippen molar-refractivity contribution in [2.45, 2.75) is 69.5 Å². The van der Waals surface area contributed by atoms with Gasteiger partial charge in [-0.05, 0) is 32.7 Å². The molecule has 106 valence electrons. The fourth-order valence-corrected chi connectivity index (χ4v) is 3.42. The lowest BCUT2D eigenvalue weighted by Gasteiger charge is -2.41. The Kier molecular flexibility index (Phi) is 2.77. The molecule has 2 unspecified atom stereocenters. The summed E-state index contributed by atoms with van der Waals surface area (Å²) in [5.41, 5.74) is 6.08. The molecule has 5 heteroatoms. The van der Waals surface area contributed by atoms with Crippen molar-refractivity contribution in [2.24, 2.45) is 5.73 Å². The van der Waals surface area contributed by atoms with Gasteiger partial charge in [-0.1, -0.05) is 25.9 Å². The molecule has 2 N–H and O–H groups in total. The van der Waals surface area contributed by atoms with Gasteiger partial charge in [-0.15, -0.1) is 0 Å². The van der Waals surface area contributed by atoms with E-state index in [0.29, 0.717) is 23.8 Å². The Hall–Kier alpha value is -0.940. The van der Waals surface area contributed by atoms with Crippen LogP contribution in [0.25, 0.3) is 0 Å². The van der Waals surface area contributed by atoms with Gasteiger partial charge in [-0.2, -0.15) is 4.98 Å². The van der Waals surface area contributed by atoms with Crippen molar-refractivity contribution in [1.29, 1.82) is 0 Å². The molecule has 19 heavy (non-hydrogen) atoms. The van der Waals surface area contributed by atoms with Gasteiger partial charge in [-0.3, -0.25) is 0 Å². The first kappa shape index (κ1) is 13.1. The second-order valence-electron chi connectivity index (χ2n) is 7.29. The summed E-state index contributed by atoms with van der Waals surface area (Å²) in [5, 5.41) is 4.17. The predicted molar refractivity (Wildman–Crippen MR) is 72.7 cm³/mol. The zero-order chi connectivity index (χ0) is 13.8. The zero-order valence-corrected chi connectivity index (χ0v) is 12.3. The summed E-state index contributed by atoms with van der Waals surface area (Å²) in [4.78, 5) is 7.05. The number of aromatic nitrogens is 2. The fourth-order valence-electron chi connectivity index (χ4n) is 3.42. The average Bonchev–Trinajstić information content (AvgIpc) is 2.86. The molecular formula is C14H24N4O. The highest BCUT2D eigenvalue weighted by Gasteiger charge is 2.48. The first-order chi connectivity index (χ1) is 8.79. The molecule has 2 atom stereocenters. The van der Waals surface area contributed by atoms with Gasteiger partial charge >= 0.3 is 0 Å². The minimum absolute atomic E-state index is 0.119. The van der Waals surface area contributed by atoms with Crippen LogP contribution in [-0.4, -0.2) is 34.2 Å². The minimum atomic E-state index is -0.411. The van der Waals surface area contributed by atoms with E-state index in [9.17, 15) is 0 Å². The smallest absolute Gasteiger partial charge is 0.232 e. The van der Waals surface area contributed by atoms with Crippen molar-refractivity contribution in [3.8, 4) is 0 Å². The molecular weight excluding hydrogens is 240 g/mol. The molecule has 3 rings (SSSR count). The summed E-state index contributed by atoms with van der Waals surface area (Å²) in [7, 11) is 2.21. The molecule has 1 aromatic rings. The van der Waals surface area contributed by atoms with E-state index >= 15 is 0 Å². The van der Waals surface area contributed by atoms with Crippen LogP contribution in [0.1, 0.15) is 58.2 Å². The highest BCUT2D eigenvalue weighted by molar-refractivity contribution is 5.13. The van der Waals surface area contributed by atoms with Gasteiger partial charge in [0.15, 0.2) is 5.82 Å². The second kappa shape index (κ2) is 4.03. The van der Waals surface area contributed by atoms with Gasteiger partial charge in [0.05, 0.1) is 5.54 Å². The maximum absolute atomic E-state index is 6.61. The largest absolute Gasteiger partial charge is 0.339 e. The number of nitrogens with two attached hydrogens (primary N) is 1. The minimum Gasteiger partial charge on any atom is -0.339 e. The van der Waals surface area contributed by atoms with E-state index in [1.165, 1.54) is 12.8 Å². The maximum Gasteiger partial charge on any atom is 0.232 e. The van der Waals surface area contributed by atoms with Crippen molar-refractivity contribution >= 4 is 0 Å². The molecule has 2 aliphatic rings. The fraction of sp³-hybridized carbons (Fsp3) is 0.857. The quantitative estimate of drug-likeness (QED) is 0.837. The van der Waals surface area contributed by atoms with E-state index in [-0.39, 0.29) is 5.41 Å². The van der Waals surface area contributed by atoms with Gasteiger partial charge in [0.2, 0.25) is 5.89 Å². The van der Waals surface area contributed by atoms with E-state index < -0.39 is 5.54 Å². The Morgan fingerprint density at radius 2 is 1.84 bits per heavy atom. The predicted octanol–water partition coefficient (Wildman–Crippen LogP) is 1.78. The summed E-state index contributed by atoms with van der Waals surface area (Å²) in [6, 6.07) is 1.14. The van der Waals surface area contributed by atoms with Crippen molar-refractivity contribution in [3.63, 3.8) is 0 Å². The van der Waals surface area contributed by atoms with Crippen LogP contribution in [0.2, 0.25) is 0 Å². The van der Waals surface area contributed by atoms with E-state index in [4.69, 9.17) is 10.3 Å². The number of nitrogens with zero attached hydrogens (tertiary/aromatic N) is 3. The standard InChI is InChI=1S/C14H24N4O/c1-13(2,3)12-16-11(17-19-12)14(15)7-9-5-6-10(8-14)18(9)4/h9-10H,5-8,15H2,1-4H3. The molecule has 2 saturated heterocycles. The molecule has 3 heterocycles. The van der Waals surface area contributed by atoms with Crippen LogP contribution in [0, 0.1) is 0 Å². The van der Waals surface area contributed by atoms with Crippen LogP contribution in [0.3, 0.4) is 0 Å². The highest BCUT2D eigenvalue weighted by Crippen LogP contribution is 2.42. The number of piperidine rings is 1. The van der Waals surface area contributed by atoms with Crippen LogP contribution >= 0.6 is 0 Å². The lowest BCUT2D eigenvalue weighted by molar-refractivity contribution is 0.106. The molecule has 5 nitrogen and oxygen atoms in total.